The number of carbonyl (C=O) groups excluding carboxylic acids is 2. The summed E-state index contributed by atoms with van der Waals surface area (Å²) < 4.78 is 1.33. The monoisotopic (exact) mass is 405 g/mol. The van der Waals surface area contributed by atoms with E-state index in [2.05, 4.69) is 5.32 Å². The minimum Gasteiger partial charge on any atom is -0.339 e. The van der Waals surface area contributed by atoms with Gasteiger partial charge in [0.25, 0.3) is 17.4 Å². The smallest absolute Gasteiger partial charge is 0.274 e. The number of carbonyl (C=O) groups is 2. The van der Waals surface area contributed by atoms with Crippen LogP contribution in [-0.2, 0) is 7.05 Å². The molecule has 3 rings (SSSR count). The van der Waals surface area contributed by atoms with Crippen LogP contribution in [-0.4, -0.2) is 34.4 Å². The lowest BCUT2D eigenvalue weighted by atomic mass is 10.1. The van der Waals surface area contributed by atoms with E-state index < -0.39 is 0 Å². The van der Waals surface area contributed by atoms with Crippen LogP contribution in [0.2, 0.25) is 0 Å². The molecule has 0 spiro atoms. The van der Waals surface area contributed by atoms with Gasteiger partial charge in [0.05, 0.1) is 5.56 Å². The second kappa shape index (κ2) is 9.39. The van der Waals surface area contributed by atoms with E-state index in [1.54, 1.807) is 24.1 Å². The molecule has 0 saturated heterocycles. The Morgan fingerprint density at radius 2 is 1.60 bits per heavy atom. The first kappa shape index (κ1) is 21.3. The lowest BCUT2D eigenvalue weighted by Gasteiger charge is -2.22. The zero-order valence-corrected chi connectivity index (χ0v) is 17.6. The van der Waals surface area contributed by atoms with E-state index in [4.69, 9.17) is 0 Å². The minimum atomic E-state index is -0.388. The average molecular weight is 405 g/mol. The fourth-order valence-corrected chi connectivity index (χ4v) is 3.48. The molecule has 0 fully saturated rings. The Kier molecular flexibility index (Phi) is 6.67. The van der Waals surface area contributed by atoms with Crippen molar-refractivity contribution in [3.8, 4) is 0 Å². The van der Waals surface area contributed by atoms with Crippen molar-refractivity contribution in [2.24, 2.45) is 7.05 Å². The molecular weight excluding hydrogens is 378 g/mol. The molecule has 6 heteroatoms. The van der Waals surface area contributed by atoms with Crippen molar-refractivity contribution in [2.45, 2.75) is 26.7 Å². The van der Waals surface area contributed by atoms with Crippen LogP contribution in [0, 0.1) is 0 Å². The van der Waals surface area contributed by atoms with Crippen LogP contribution < -0.4 is 10.9 Å². The number of hydrogen-bond donors (Lipinski definition) is 1. The molecule has 2 aromatic carbocycles. The Balaban J connectivity index is 1.90. The number of benzene rings is 2. The third-order valence-electron chi connectivity index (χ3n) is 4.96. The molecule has 0 atom stereocenters. The van der Waals surface area contributed by atoms with Crippen LogP contribution in [0.5, 0.6) is 0 Å². The summed E-state index contributed by atoms with van der Waals surface area (Å²) >= 11 is 0. The van der Waals surface area contributed by atoms with Crippen molar-refractivity contribution in [1.82, 2.24) is 9.47 Å². The van der Waals surface area contributed by atoms with Gasteiger partial charge in [-0.25, -0.2) is 0 Å². The van der Waals surface area contributed by atoms with Crippen molar-refractivity contribution < 1.29 is 9.59 Å². The maximum atomic E-state index is 12.9. The SMILES string of the molecule is CCCN(CCC)C(=O)c1cc(NC(=O)c2ccc3ccccc3c2)c(=O)n(C)c1. The van der Waals surface area contributed by atoms with Gasteiger partial charge in [-0.2, -0.15) is 0 Å². The van der Waals surface area contributed by atoms with E-state index in [0.717, 1.165) is 23.6 Å². The van der Waals surface area contributed by atoms with Gasteiger partial charge >= 0.3 is 0 Å². The highest BCUT2D eigenvalue weighted by Crippen LogP contribution is 2.17. The van der Waals surface area contributed by atoms with Gasteiger partial charge in [-0.15, -0.1) is 0 Å². The van der Waals surface area contributed by atoms with Crippen molar-refractivity contribution in [2.75, 3.05) is 18.4 Å². The Morgan fingerprint density at radius 1 is 0.933 bits per heavy atom. The number of nitrogens with zero attached hydrogens (tertiary/aromatic N) is 2. The standard InChI is InChI=1S/C24H27N3O3/c1-4-12-27(13-5-2)23(29)20-15-21(24(30)26(3)16-20)25-22(28)19-11-10-17-8-6-7-9-18(17)14-19/h6-11,14-16H,4-5,12-13H2,1-3H3,(H,25,28). The summed E-state index contributed by atoms with van der Waals surface area (Å²) in [6, 6.07) is 14.6. The van der Waals surface area contributed by atoms with Gasteiger partial charge < -0.3 is 14.8 Å². The normalized spacial score (nSPS) is 10.8. The molecule has 1 heterocycles. The number of rotatable bonds is 7. The molecule has 0 aliphatic heterocycles. The first-order valence-electron chi connectivity index (χ1n) is 10.2. The zero-order valence-electron chi connectivity index (χ0n) is 17.6. The van der Waals surface area contributed by atoms with Crippen LogP contribution in [0.1, 0.15) is 47.4 Å². The summed E-state index contributed by atoms with van der Waals surface area (Å²) in [5.74, 6) is -0.531. The molecular formula is C24H27N3O3. The number of hydrogen-bond acceptors (Lipinski definition) is 3. The number of fused-ring (bicyclic) bond motifs is 1. The molecule has 30 heavy (non-hydrogen) atoms. The fraction of sp³-hybridized carbons (Fsp3) is 0.292. The molecule has 0 saturated carbocycles. The molecule has 0 aliphatic carbocycles. The predicted molar refractivity (Wildman–Crippen MR) is 120 cm³/mol. The van der Waals surface area contributed by atoms with E-state index >= 15 is 0 Å². The average Bonchev–Trinajstić information content (AvgIpc) is 2.75. The Labute approximate surface area is 176 Å². The first-order valence-corrected chi connectivity index (χ1v) is 10.2. The summed E-state index contributed by atoms with van der Waals surface area (Å²) in [5.41, 5.74) is 0.562. The highest BCUT2D eigenvalue weighted by molar-refractivity contribution is 6.07. The van der Waals surface area contributed by atoms with Gasteiger partial charge in [-0.05, 0) is 41.8 Å². The quantitative estimate of drug-likeness (QED) is 0.645. The lowest BCUT2D eigenvalue weighted by Crippen LogP contribution is -2.34. The highest BCUT2D eigenvalue weighted by atomic mass is 16.2. The molecule has 0 bridgehead atoms. The fourth-order valence-electron chi connectivity index (χ4n) is 3.48. The topological polar surface area (TPSA) is 71.4 Å². The van der Waals surface area contributed by atoms with E-state index in [1.165, 1.54) is 16.8 Å². The molecule has 0 unspecified atom stereocenters. The van der Waals surface area contributed by atoms with Gasteiger partial charge in [0.1, 0.15) is 5.69 Å². The highest BCUT2D eigenvalue weighted by Gasteiger charge is 2.18. The molecule has 3 aromatic rings. The maximum absolute atomic E-state index is 12.9. The van der Waals surface area contributed by atoms with Gasteiger partial charge in [0, 0.05) is 31.9 Å². The van der Waals surface area contributed by atoms with Crippen molar-refractivity contribution >= 4 is 28.3 Å². The van der Waals surface area contributed by atoms with Gasteiger partial charge in [0.15, 0.2) is 0 Å². The molecule has 2 amide bonds. The second-order valence-corrected chi connectivity index (χ2v) is 7.37. The van der Waals surface area contributed by atoms with Crippen LogP contribution in [0.3, 0.4) is 0 Å². The Bertz CT molecular complexity index is 1130. The zero-order chi connectivity index (χ0) is 21.7. The summed E-state index contributed by atoms with van der Waals surface area (Å²) in [4.78, 5) is 40.1. The number of anilines is 1. The van der Waals surface area contributed by atoms with Crippen molar-refractivity contribution in [3.63, 3.8) is 0 Å². The predicted octanol–water partition coefficient (Wildman–Crippen LogP) is 4.05. The minimum absolute atomic E-state index is 0.0921. The maximum Gasteiger partial charge on any atom is 0.274 e. The van der Waals surface area contributed by atoms with E-state index in [9.17, 15) is 14.4 Å². The number of aromatic nitrogens is 1. The Hall–Kier alpha value is -3.41. The van der Waals surface area contributed by atoms with Crippen LogP contribution in [0.15, 0.2) is 59.5 Å². The first-order chi connectivity index (χ1) is 14.4. The third-order valence-corrected chi connectivity index (χ3v) is 4.96. The van der Waals surface area contributed by atoms with E-state index in [0.29, 0.717) is 24.2 Å². The van der Waals surface area contributed by atoms with E-state index in [-0.39, 0.29) is 23.1 Å². The van der Waals surface area contributed by atoms with Gasteiger partial charge in [-0.3, -0.25) is 14.4 Å². The summed E-state index contributed by atoms with van der Waals surface area (Å²) in [7, 11) is 1.58. The van der Waals surface area contributed by atoms with E-state index in [1.807, 2.05) is 44.2 Å². The summed E-state index contributed by atoms with van der Waals surface area (Å²) in [5, 5.41) is 4.66. The number of amides is 2. The summed E-state index contributed by atoms with van der Waals surface area (Å²) in [6.07, 6.45) is 3.22. The van der Waals surface area contributed by atoms with Crippen LogP contribution in [0.4, 0.5) is 5.69 Å². The molecule has 0 aliphatic rings. The number of pyridine rings is 1. The molecule has 0 radical (unpaired) electrons. The van der Waals surface area contributed by atoms with Crippen LogP contribution >= 0.6 is 0 Å². The number of nitrogens with one attached hydrogen (secondary N) is 1. The van der Waals surface area contributed by atoms with Gasteiger partial charge in [0.2, 0.25) is 0 Å². The lowest BCUT2D eigenvalue weighted by molar-refractivity contribution is 0.0754. The molecule has 6 nitrogen and oxygen atoms in total. The van der Waals surface area contributed by atoms with Gasteiger partial charge in [-0.1, -0.05) is 44.2 Å². The molecule has 156 valence electrons. The van der Waals surface area contributed by atoms with Crippen LogP contribution in [0.25, 0.3) is 10.8 Å². The Morgan fingerprint density at radius 3 is 2.27 bits per heavy atom. The summed E-state index contributed by atoms with van der Waals surface area (Å²) in [6.45, 7) is 5.33. The van der Waals surface area contributed by atoms with Crippen molar-refractivity contribution in [1.29, 1.82) is 0 Å². The number of aryl methyl sites for hydroxylation is 1. The largest absolute Gasteiger partial charge is 0.339 e. The molecule has 1 N–H and O–H groups in total. The molecule has 1 aromatic heterocycles. The van der Waals surface area contributed by atoms with Crippen molar-refractivity contribution in [3.05, 3.63) is 76.2 Å². The second-order valence-electron chi connectivity index (χ2n) is 7.37. The third kappa shape index (κ3) is 4.59.